The van der Waals surface area contributed by atoms with Crippen molar-refractivity contribution in [1.82, 2.24) is 14.5 Å². The van der Waals surface area contributed by atoms with Crippen molar-refractivity contribution in [2.75, 3.05) is 24.8 Å². The number of benzene rings is 1. The molecule has 150 valence electrons. The normalized spacial score (nSPS) is 12.2. The van der Waals surface area contributed by atoms with Gasteiger partial charge in [-0.2, -0.15) is 4.98 Å². The molecule has 0 saturated heterocycles. The fourth-order valence-corrected chi connectivity index (χ4v) is 3.49. The molecule has 0 fully saturated rings. The van der Waals surface area contributed by atoms with Crippen molar-refractivity contribution in [3.05, 3.63) is 42.1 Å². The highest BCUT2D eigenvalue weighted by Crippen LogP contribution is 2.26. The highest BCUT2D eigenvalue weighted by Gasteiger charge is 2.15. The summed E-state index contributed by atoms with van der Waals surface area (Å²) >= 11 is 0. The third-order valence-corrected chi connectivity index (χ3v) is 4.80. The predicted octanol–water partition coefficient (Wildman–Crippen LogP) is 3.42. The third kappa shape index (κ3) is 4.72. The van der Waals surface area contributed by atoms with Gasteiger partial charge in [-0.05, 0) is 43.0 Å². The summed E-state index contributed by atoms with van der Waals surface area (Å²) in [5.74, 6) is 1.83. The Labute approximate surface area is 165 Å². The zero-order valence-corrected chi connectivity index (χ0v) is 16.6. The molecule has 3 aromatic rings. The van der Waals surface area contributed by atoms with Crippen molar-refractivity contribution in [3.8, 4) is 5.75 Å². The van der Waals surface area contributed by atoms with Gasteiger partial charge in [0.2, 0.25) is 5.95 Å². The standard InChI is InChI=1S/C21H29N5O2/c1-3-6-16(8-5-12-27)23-20-19-18(24-21(22)25-20)10-11-26(19)14-15-7-4-9-17(13-15)28-2/h4,7,9-11,13,16,27H,3,5-6,8,12,14H2,1-2H3,(H3,22,23,24,25)/t16-/m0/s1. The monoisotopic (exact) mass is 383 g/mol. The van der Waals surface area contributed by atoms with Gasteiger partial charge in [-0.1, -0.05) is 25.5 Å². The van der Waals surface area contributed by atoms with E-state index < -0.39 is 0 Å². The van der Waals surface area contributed by atoms with Crippen LogP contribution in [0.5, 0.6) is 5.75 Å². The highest BCUT2D eigenvalue weighted by atomic mass is 16.5. The molecule has 0 unspecified atom stereocenters. The molecule has 0 bridgehead atoms. The SMILES string of the molecule is CCC[C@@H](CCCO)Nc1nc(N)nc2ccn(Cc3cccc(OC)c3)c12. The van der Waals surface area contributed by atoms with Crippen LogP contribution in [-0.2, 0) is 6.54 Å². The first-order valence-electron chi connectivity index (χ1n) is 9.77. The van der Waals surface area contributed by atoms with Crippen LogP contribution in [0.1, 0.15) is 38.2 Å². The quantitative estimate of drug-likeness (QED) is 0.496. The van der Waals surface area contributed by atoms with Crippen molar-refractivity contribution < 1.29 is 9.84 Å². The zero-order valence-electron chi connectivity index (χ0n) is 16.6. The second kappa shape index (κ2) is 9.41. The summed E-state index contributed by atoms with van der Waals surface area (Å²) in [5.41, 5.74) is 8.82. The fourth-order valence-electron chi connectivity index (χ4n) is 3.49. The van der Waals surface area contributed by atoms with Crippen LogP contribution in [0.4, 0.5) is 11.8 Å². The number of ether oxygens (including phenoxy) is 1. The number of methoxy groups -OCH3 is 1. The van der Waals surface area contributed by atoms with Gasteiger partial charge in [0, 0.05) is 25.4 Å². The lowest BCUT2D eigenvalue weighted by atomic mass is 10.1. The van der Waals surface area contributed by atoms with E-state index in [4.69, 9.17) is 10.5 Å². The summed E-state index contributed by atoms with van der Waals surface area (Å²) in [6, 6.07) is 10.2. The number of nitrogens with one attached hydrogen (secondary N) is 1. The summed E-state index contributed by atoms with van der Waals surface area (Å²) < 4.78 is 7.46. The van der Waals surface area contributed by atoms with Crippen LogP contribution in [-0.4, -0.2) is 39.4 Å². The number of rotatable bonds is 10. The number of fused-ring (bicyclic) bond motifs is 1. The maximum atomic E-state index is 9.20. The van der Waals surface area contributed by atoms with E-state index in [1.165, 1.54) is 0 Å². The van der Waals surface area contributed by atoms with Crippen molar-refractivity contribution in [2.45, 2.75) is 45.2 Å². The number of aliphatic hydroxyl groups is 1. The molecule has 3 rings (SSSR count). The van der Waals surface area contributed by atoms with Crippen LogP contribution in [0.3, 0.4) is 0 Å². The van der Waals surface area contributed by atoms with Gasteiger partial charge in [-0.3, -0.25) is 0 Å². The maximum absolute atomic E-state index is 9.20. The second-order valence-electron chi connectivity index (χ2n) is 6.96. The molecule has 7 heteroatoms. The van der Waals surface area contributed by atoms with Gasteiger partial charge >= 0.3 is 0 Å². The van der Waals surface area contributed by atoms with Crippen molar-refractivity contribution in [1.29, 1.82) is 0 Å². The molecule has 0 spiro atoms. The molecule has 0 aliphatic heterocycles. The summed E-state index contributed by atoms with van der Waals surface area (Å²) in [5, 5.41) is 12.7. The van der Waals surface area contributed by atoms with E-state index in [9.17, 15) is 5.11 Å². The second-order valence-corrected chi connectivity index (χ2v) is 6.96. The van der Waals surface area contributed by atoms with Crippen LogP contribution in [0.2, 0.25) is 0 Å². The van der Waals surface area contributed by atoms with Gasteiger partial charge in [0.25, 0.3) is 0 Å². The lowest BCUT2D eigenvalue weighted by Crippen LogP contribution is -2.21. The van der Waals surface area contributed by atoms with E-state index in [2.05, 4.69) is 32.8 Å². The van der Waals surface area contributed by atoms with Crippen LogP contribution < -0.4 is 15.8 Å². The molecule has 1 atom stereocenters. The van der Waals surface area contributed by atoms with E-state index in [-0.39, 0.29) is 18.6 Å². The number of nitrogens with two attached hydrogens (primary N) is 1. The number of aromatic nitrogens is 3. The van der Waals surface area contributed by atoms with Gasteiger partial charge < -0.3 is 25.5 Å². The first-order chi connectivity index (χ1) is 13.6. The Kier molecular flexibility index (Phi) is 6.71. The van der Waals surface area contributed by atoms with E-state index in [0.29, 0.717) is 6.54 Å². The van der Waals surface area contributed by atoms with Crippen LogP contribution in [0.15, 0.2) is 36.5 Å². The highest BCUT2D eigenvalue weighted by molar-refractivity contribution is 5.87. The lowest BCUT2D eigenvalue weighted by Gasteiger charge is -2.20. The molecule has 7 nitrogen and oxygen atoms in total. The maximum Gasteiger partial charge on any atom is 0.222 e. The van der Waals surface area contributed by atoms with Gasteiger partial charge in [0.1, 0.15) is 11.3 Å². The largest absolute Gasteiger partial charge is 0.497 e. The van der Waals surface area contributed by atoms with Gasteiger partial charge in [-0.15, -0.1) is 0 Å². The number of aliphatic hydroxyl groups excluding tert-OH is 1. The van der Waals surface area contributed by atoms with E-state index in [1.54, 1.807) is 7.11 Å². The number of hydrogen-bond acceptors (Lipinski definition) is 6. The molecular formula is C21H29N5O2. The molecule has 0 radical (unpaired) electrons. The summed E-state index contributed by atoms with van der Waals surface area (Å²) in [4.78, 5) is 8.88. The minimum absolute atomic E-state index is 0.190. The molecule has 0 aliphatic carbocycles. The van der Waals surface area contributed by atoms with E-state index >= 15 is 0 Å². The first-order valence-corrected chi connectivity index (χ1v) is 9.77. The molecule has 4 N–H and O–H groups in total. The molecule has 0 aliphatic rings. The van der Waals surface area contributed by atoms with Crippen LogP contribution in [0.25, 0.3) is 11.0 Å². The average molecular weight is 383 g/mol. The Bertz CT molecular complexity index is 909. The average Bonchev–Trinajstić information content (AvgIpc) is 3.09. The number of nitrogen functional groups attached to an aromatic ring is 1. The van der Waals surface area contributed by atoms with Crippen LogP contribution in [0, 0.1) is 0 Å². The minimum atomic E-state index is 0.190. The van der Waals surface area contributed by atoms with E-state index in [1.807, 2.05) is 30.5 Å². The molecule has 0 amide bonds. The molecule has 0 saturated carbocycles. The predicted molar refractivity (Wildman–Crippen MR) is 113 cm³/mol. The first kappa shape index (κ1) is 19.9. The number of nitrogens with zero attached hydrogens (tertiary/aromatic N) is 3. The third-order valence-electron chi connectivity index (χ3n) is 4.80. The molecule has 2 heterocycles. The Morgan fingerprint density at radius 1 is 1.25 bits per heavy atom. The molecule has 2 aromatic heterocycles. The molecule has 1 aromatic carbocycles. The van der Waals surface area contributed by atoms with Crippen molar-refractivity contribution >= 4 is 22.8 Å². The van der Waals surface area contributed by atoms with E-state index in [0.717, 1.165) is 53.8 Å². The lowest BCUT2D eigenvalue weighted by molar-refractivity contribution is 0.280. The number of anilines is 2. The Hall–Kier alpha value is -2.80. The summed E-state index contributed by atoms with van der Waals surface area (Å²) in [6.45, 7) is 3.02. The Morgan fingerprint density at radius 3 is 2.86 bits per heavy atom. The smallest absolute Gasteiger partial charge is 0.222 e. The minimum Gasteiger partial charge on any atom is -0.497 e. The van der Waals surface area contributed by atoms with Gasteiger partial charge in [0.15, 0.2) is 5.82 Å². The van der Waals surface area contributed by atoms with Crippen molar-refractivity contribution in [2.24, 2.45) is 0 Å². The zero-order chi connectivity index (χ0) is 19.9. The summed E-state index contributed by atoms with van der Waals surface area (Å²) in [6.07, 6.45) is 5.70. The molecular weight excluding hydrogens is 354 g/mol. The van der Waals surface area contributed by atoms with Crippen molar-refractivity contribution in [3.63, 3.8) is 0 Å². The van der Waals surface area contributed by atoms with Gasteiger partial charge in [-0.25, -0.2) is 4.98 Å². The topological polar surface area (TPSA) is 98.2 Å². The Morgan fingerprint density at radius 2 is 2.11 bits per heavy atom. The van der Waals surface area contributed by atoms with Crippen LogP contribution >= 0.6 is 0 Å². The summed E-state index contributed by atoms with van der Waals surface area (Å²) in [7, 11) is 1.67. The Balaban J connectivity index is 1.94. The number of hydrogen-bond donors (Lipinski definition) is 3. The van der Waals surface area contributed by atoms with Gasteiger partial charge in [0.05, 0.1) is 12.6 Å². The molecule has 28 heavy (non-hydrogen) atoms. The fraction of sp³-hybridized carbons (Fsp3) is 0.429.